The van der Waals surface area contributed by atoms with Crippen molar-refractivity contribution in [1.29, 1.82) is 0 Å². The van der Waals surface area contributed by atoms with E-state index >= 15 is 0 Å². The molecule has 0 amide bonds. The van der Waals surface area contributed by atoms with Gasteiger partial charge < -0.3 is 5.11 Å². The minimum absolute atomic E-state index is 0.156. The first-order chi connectivity index (χ1) is 9.47. The van der Waals surface area contributed by atoms with Gasteiger partial charge in [-0.3, -0.25) is 4.21 Å². The number of hydrogen-bond acceptors (Lipinski definition) is 2. The summed E-state index contributed by atoms with van der Waals surface area (Å²) < 4.78 is 25.2. The Kier molecular flexibility index (Phi) is 4.29. The topological polar surface area (TPSA) is 54.4 Å². The zero-order chi connectivity index (χ0) is 14.7. The van der Waals surface area contributed by atoms with Gasteiger partial charge in [-0.1, -0.05) is 6.07 Å². The number of benzene rings is 2. The molecule has 0 aliphatic heterocycles. The lowest BCUT2D eigenvalue weighted by atomic mass is 10.1. The van der Waals surface area contributed by atoms with Gasteiger partial charge in [0, 0.05) is 4.90 Å². The summed E-state index contributed by atoms with van der Waals surface area (Å²) in [7, 11) is -1.29. The average molecular weight is 292 g/mol. The van der Waals surface area contributed by atoms with Gasteiger partial charge in [-0.15, -0.1) is 0 Å². The van der Waals surface area contributed by atoms with Crippen LogP contribution in [0.5, 0.6) is 0 Å². The Bertz CT molecular complexity index is 665. The second-order valence-electron chi connectivity index (χ2n) is 4.39. The van der Waals surface area contributed by atoms with Crippen LogP contribution in [-0.2, 0) is 16.6 Å². The lowest BCUT2D eigenvalue weighted by molar-refractivity contribution is 0.0697. The molecule has 0 bridgehead atoms. The summed E-state index contributed by atoms with van der Waals surface area (Å²) in [6.45, 7) is 1.77. The van der Waals surface area contributed by atoms with Crippen LogP contribution in [0.15, 0.2) is 47.4 Å². The van der Waals surface area contributed by atoms with Crippen molar-refractivity contribution in [1.82, 2.24) is 0 Å². The highest BCUT2D eigenvalue weighted by Gasteiger charge is 2.09. The Morgan fingerprint density at radius 1 is 1.20 bits per heavy atom. The fourth-order valence-electron chi connectivity index (χ4n) is 1.80. The van der Waals surface area contributed by atoms with Gasteiger partial charge in [-0.25, -0.2) is 9.18 Å². The molecule has 1 atom stereocenters. The number of carboxylic acids is 1. The van der Waals surface area contributed by atoms with E-state index in [2.05, 4.69) is 0 Å². The Morgan fingerprint density at radius 2 is 1.85 bits per heavy atom. The van der Waals surface area contributed by atoms with Crippen LogP contribution in [0, 0.1) is 12.7 Å². The number of hydrogen-bond donors (Lipinski definition) is 1. The lowest BCUT2D eigenvalue weighted by Gasteiger charge is -2.06. The summed E-state index contributed by atoms with van der Waals surface area (Å²) in [5.41, 5.74) is 1.72. The fraction of sp³-hybridized carbons (Fsp3) is 0.133. The number of halogens is 1. The van der Waals surface area contributed by atoms with Gasteiger partial charge in [0.1, 0.15) is 5.82 Å². The first-order valence-electron chi connectivity index (χ1n) is 5.94. The highest BCUT2D eigenvalue weighted by atomic mass is 32.2. The van der Waals surface area contributed by atoms with Gasteiger partial charge in [0.25, 0.3) is 0 Å². The van der Waals surface area contributed by atoms with Crippen molar-refractivity contribution >= 4 is 16.8 Å². The van der Waals surface area contributed by atoms with E-state index in [1.54, 1.807) is 25.1 Å². The van der Waals surface area contributed by atoms with E-state index in [0.29, 0.717) is 4.90 Å². The smallest absolute Gasteiger partial charge is 0.335 e. The zero-order valence-corrected chi connectivity index (χ0v) is 11.6. The molecule has 0 spiro atoms. The maximum absolute atomic E-state index is 13.0. The summed E-state index contributed by atoms with van der Waals surface area (Å²) in [5, 5.41) is 8.80. The minimum Gasteiger partial charge on any atom is -0.478 e. The van der Waals surface area contributed by atoms with E-state index in [1.165, 1.54) is 24.3 Å². The summed E-state index contributed by atoms with van der Waals surface area (Å²) in [6, 6.07) is 10.3. The molecule has 0 aliphatic rings. The van der Waals surface area contributed by atoms with E-state index < -0.39 is 16.8 Å². The zero-order valence-electron chi connectivity index (χ0n) is 10.8. The second kappa shape index (κ2) is 5.96. The van der Waals surface area contributed by atoms with E-state index in [4.69, 9.17) is 5.11 Å². The van der Waals surface area contributed by atoms with Crippen molar-refractivity contribution in [2.75, 3.05) is 0 Å². The number of aromatic carboxylic acids is 1. The van der Waals surface area contributed by atoms with Crippen LogP contribution >= 0.6 is 0 Å². The minimum atomic E-state index is -1.29. The highest BCUT2D eigenvalue weighted by Crippen LogP contribution is 2.17. The van der Waals surface area contributed by atoms with Crippen molar-refractivity contribution in [3.63, 3.8) is 0 Å². The molecular formula is C15H13FO3S. The van der Waals surface area contributed by atoms with Gasteiger partial charge in [-0.05, 0) is 54.4 Å². The molecule has 2 aromatic rings. The molecule has 20 heavy (non-hydrogen) atoms. The standard InChI is InChI=1S/C15H13FO3S/c1-10-8-13(16)5-2-12(10)9-20(19)14-6-3-11(4-7-14)15(17)18/h2-8H,9H2,1H3,(H,17,18). The molecule has 2 aromatic carbocycles. The van der Waals surface area contributed by atoms with E-state index in [0.717, 1.165) is 11.1 Å². The summed E-state index contributed by atoms with van der Waals surface area (Å²) in [4.78, 5) is 11.3. The molecule has 0 heterocycles. The van der Waals surface area contributed by atoms with Crippen LogP contribution in [0.4, 0.5) is 4.39 Å². The largest absolute Gasteiger partial charge is 0.478 e. The Labute approximate surface area is 118 Å². The van der Waals surface area contributed by atoms with Crippen molar-refractivity contribution in [3.8, 4) is 0 Å². The number of carbonyl (C=O) groups is 1. The van der Waals surface area contributed by atoms with Crippen LogP contribution in [0.25, 0.3) is 0 Å². The van der Waals surface area contributed by atoms with Gasteiger partial charge in [0.15, 0.2) is 0 Å². The van der Waals surface area contributed by atoms with Crippen LogP contribution in [0.1, 0.15) is 21.5 Å². The maximum atomic E-state index is 13.0. The third kappa shape index (κ3) is 3.30. The van der Waals surface area contributed by atoms with Crippen LogP contribution in [0.3, 0.4) is 0 Å². The second-order valence-corrected chi connectivity index (χ2v) is 5.84. The molecule has 0 fully saturated rings. The molecule has 1 unspecified atom stereocenters. The Hall–Kier alpha value is -2.01. The predicted octanol–water partition coefficient (Wildman–Crippen LogP) is 3.14. The van der Waals surface area contributed by atoms with Crippen molar-refractivity contribution < 1.29 is 18.5 Å². The van der Waals surface area contributed by atoms with Crippen molar-refractivity contribution in [3.05, 3.63) is 65.0 Å². The predicted molar refractivity (Wildman–Crippen MR) is 74.7 cm³/mol. The first kappa shape index (κ1) is 14.4. The van der Waals surface area contributed by atoms with Crippen molar-refractivity contribution in [2.24, 2.45) is 0 Å². The molecule has 0 aliphatic carbocycles. The van der Waals surface area contributed by atoms with Crippen LogP contribution in [-0.4, -0.2) is 15.3 Å². The van der Waals surface area contributed by atoms with E-state index in [-0.39, 0.29) is 17.1 Å². The Balaban J connectivity index is 2.17. The fourth-order valence-corrected chi connectivity index (χ4v) is 3.01. The van der Waals surface area contributed by atoms with E-state index in [9.17, 15) is 13.4 Å². The van der Waals surface area contributed by atoms with Crippen LogP contribution in [0.2, 0.25) is 0 Å². The molecule has 0 saturated carbocycles. The Morgan fingerprint density at radius 3 is 2.40 bits per heavy atom. The SMILES string of the molecule is Cc1cc(F)ccc1CS(=O)c1ccc(C(=O)O)cc1. The molecular weight excluding hydrogens is 279 g/mol. The molecule has 0 radical (unpaired) electrons. The molecule has 5 heteroatoms. The van der Waals surface area contributed by atoms with Crippen LogP contribution < -0.4 is 0 Å². The summed E-state index contributed by atoms with van der Waals surface area (Å²) in [5.74, 6) is -1.06. The maximum Gasteiger partial charge on any atom is 0.335 e. The number of rotatable bonds is 4. The summed E-state index contributed by atoms with van der Waals surface area (Å²) in [6.07, 6.45) is 0. The molecule has 0 aromatic heterocycles. The van der Waals surface area contributed by atoms with Gasteiger partial charge >= 0.3 is 5.97 Å². The van der Waals surface area contributed by atoms with Gasteiger partial charge in [0.2, 0.25) is 0 Å². The molecule has 1 N–H and O–H groups in total. The highest BCUT2D eigenvalue weighted by molar-refractivity contribution is 7.84. The molecule has 2 rings (SSSR count). The van der Waals surface area contributed by atoms with Gasteiger partial charge in [-0.2, -0.15) is 0 Å². The monoisotopic (exact) mass is 292 g/mol. The molecule has 0 saturated heterocycles. The van der Waals surface area contributed by atoms with Crippen molar-refractivity contribution in [2.45, 2.75) is 17.6 Å². The average Bonchev–Trinajstić information content (AvgIpc) is 2.42. The van der Waals surface area contributed by atoms with Gasteiger partial charge in [0.05, 0.1) is 22.1 Å². The third-order valence-corrected chi connectivity index (χ3v) is 4.33. The van der Waals surface area contributed by atoms with E-state index in [1.807, 2.05) is 0 Å². The quantitative estimate of drug-likeness (QED) is 0.942. The lowest BCUT2D eigenvalue weighted by Crippen LogP contribution is -2.01. The summed E-state index contributed by atoms with van der Waals surface area (Å²) >= 11 is 0. The number of aryl methyl sites for hydroxylation is 1. The first-order valence-corrected chi connectivity index (χ1v) is 7.26. The molecule has 3 nitrogen and oxygen atoms in total. The third-order valence-electron chi connectivity index (χ3n) is 2.96. The number of carboxylic acid groups (broad SMARTS) is 1. The molecule has 104 valence electrons. The normalized spacial score (nSPS) is 12.1.